The number of pyridine rings is 2. The molecule has 1 aromatic carbocycles. The minimum absolute atomic E-state index is 0.198. The number of fused-ring (bicyclic) bond motifs is 1. The fourth-order valence-electron chi connectivity index (χ4n) is 3.32. The van der Waals surface area contributed by atoms with E-state index in [2.05, 4.69) is 9.97 Å². The summed E-state index contributed by atoms with van der Waals surface area (Å²) in [7, 11) is 0. The average Bonchev–Trinajstić information content (AvgIpc) is 2.73. The maximum Gasteiger partial charge on any atom is 0.331 e. The van der Waals surface area contributed by atoms with Crippen LogP contribution in [0.3, 0.4) is 0 Å². The van der Waals surface area contributed by atoms with Crippen LogP contribution in [0.25, 0.3) is 0 Å². The molecule has 3 amide bonds. The Morgan fingerprint density at radius 2 is 1.79 bits per heavy atom. The van der Waals surface area contributed by atoms with Crippen molar-refractivity contribution in [3.63, 3.8) is 0 Å². The van der Waals surface area contributed by atoms with Gasteiger partial charge in [-0.2, -0.15) is 0 Å². The van der Waals surface area contributed by atoms with Gasteiger partial charge >= 0.3 is 6.03 Å². The zero-order valence-corrected chi connectivity index (χ0v) is 15.3. The molecule has 7 heteroatoms. The second kappa shape index (κ2) is 7.11. The van der Waals surface area contributed by atoms with Crippen LogP contribution in [0.1, 0.15) is 34.6 Å². The highest BCUT2D eigenvalue weighted by atomic mass is 16.2. The van der Waals surface area contributed by atoms with E-state index in [4.69, 9.17) is 5.73 Å². The summed E-state index contributed by atoms with van der Waals surface area (Å²) in [6.07, 6.45) is 3.38. The van der Waals surface area contributed by atoms with E-state index in [-0.39, 0.29) is 12.1 Å². The highest BCUT2D eigenvalue weighted by Gasteiger charge is 2.35. The molecule has 2 N–H and O–H groups in total. The summed E-state index contributed by atoms with van der Waals surface area (Å²) >= 11 is 0. The average molecular weight is 373 g/mol. The molecule has 7 nitrogen and oxygen atoms in total. The molecule has 28 heavy (non-hydrogen) atoms. The van der Waals surface area contributed by atoms with Crippen molar-refractivity contribution in [1.29, 1.82) is 0 Å². The molecule has 3 heterocycles. The third-order valence-electron chi connectivity index (χ3n) is 4.85. The molecule has 1 unspecified atom stereocenters. The van der Waals surface area contributed by atoms with Gasteiger partial charge in [-0.15, -0.1) is 0 Å². The molecular weight excluding hydrogens is 354 g/mol. The lowest BCUT2D eigenvalue weighted by atomic mass is 10.1. The number of aromatic nitrogens is 2. The smallest absolute Gasteiger partial charge is 0.331 e. The zero-order valence-electron chi connectivity index (χ0n) is 15.3. The Balaban J connectivity index is 1.76. The fraction of sp³-hybridized carbons (Fsp3) is 0.143. The van der Waals surface area contributed by atoms with E-state index in [1.807, 2.05) is 37.3 Å². The van der Waals surface area contributed by atoms with Crippen LogP contribution in [-0.2, 0) is 6.54 Å². The van der Waals surface area contributed by atoms with Crippen molar-refractivity contribution in [3.05, 3.63) is 83.8 Å². The number of rotatable bonds is 4. The SMILES string of the molecule is CC(c1ccccn1)N1Cc2cccnc2N(c2ccc(C(N)=O)cc2)C1=O. The van der Waals surface area contributed by atoms with Crippen molar-refractivity contribution in [2.75, 3.05) is 4.90 Å². The Morgan fingerprint density at radius 1 is 1.04 bits per heavy atom. The molecule has 1 atom stereocenters. The standard InChI is InChI=1S/C21H19N5O2/c1-14(18-6-2-3-11-23-18)25-13-16-5-4-12-24-20(16)26(21(25)28)17-9-7-15(8-10-17)19(22)27/h2-12,14H,13H2,1H3,(H2,22,27). The highest BCUT2D eigenvalue weighted by Crippen LogP contribution is 2.36. The molecule has 0 bridgehead atoms. The maximum absolute atomic E-state index is 13.4. The summed E-state index contributed by atoms with van der Waals surface area (Å²) in [5.74, 6) is 0.0734. The second-order valence-corrected chi connectivity index (χ2v) is 6.57. The lowest BCUT2D eigenvalue weighted by molar-refractivity contribution is 0.100. The number of nitrogens with two attached hydrogens (primary N) is 1. The molecule has 0 spiro atoms. The highest BCUT2D eigenvalue weighted by molar-refractivity contribution is 6.01. The molecular formula is C21H19N5O2. The maximum atomic E-state index is 13.4. The molecule has 1 aliphatic heterocycles. The topological polar surface area (TPSA) is 92.4 Å². The third kappa shape index (κ3) is 3.07. The Kier molecular flexibility index (Phi) is 4.49. The van der Waals surface area contributed by atoms with Gasteiger partial charge in [0.2, 0.25) is 5.91 Å². The van der Waals surface area contributed by atoms with E-state index >= 15 is 0 Å². The summed E-state index contributed by atoms with van der Waals surface area (Å²) in [5.41, 5.74) is 8.07. The molecule has 0 radical (unpaired) electrons. The summed E-state index contributed by atoms with van der Waals surface area (Å²) in [6.45, 7) is 2.39. The number of hydrogen-bond acceptors (Lipinski definition) is 4. The van der Waals surface area contributed by atoms with Gasteiger partial charge < -0.3 is 10.6 Å². The number of amides is 3. The first-order chi connectivity index (χ1) is 13.6. The molecule has 1 aliphatic rings. The first-order valence-corrected chi connectivity index (χ1v) is 8.91. The Labute approximate surface area is 162 Å². The number of benzene rings is 1. The third-order valence-corrected chi connectivity index (χ3v) is 4.85. The van der Waals surface area contributed by atoms with E-state index in [9.17, 15) is 9.59 Å². The monoisotopic (exact) mass is 373 g/mol. The van der Waals surface area contributed by atoms with Gasteiger partial charge in [0.1, 0.15) is 5.82 Å². The van der Waals surface area contributed by atoms with Gasteiger partial charge in [-0.25, -0.2) is 14.7 Å². The minimum atomic E-state index is -0.513. The van der Waals surface area contributed by atoms with Crippen molar-refractivity contribution in [3.8, 4) is 0 Å². The van der Waals surface area contributed by atoms with Crippen molar-refractivity contribution >= 4 is 23.4 Å². The van der Waals surface area contributed by atoms with Crippen molar-refractivity contribution in [2.45, 2.75) is 19.5 Å². The largest absolute Gasteiger partial charge is 0.366 e. The van der Waals surface area contributed by atoms with Crippen LogP contribution < -0.4 is 10.6 Å². The lowest BCUT2D eigenvalue weighted by Crippen LogP contribution is -2.46. The Morgan fingerprint density at radius 3 is 2.46 bits per heavy atom. The van der Waals surface area contributed by atoms with E-state index in [1.54, 1.807) is 46.5 Å². The first kappa shape index (κ1) is 17.7. The number of hydrogen-bond donors (Lipinski definition) is 1. The fourth-order valence-corrected chi connectivity index (χ4v) is 3.32. The number of nitrogens with zero attached hydrogens (tertiary/aromatic N) is 4. The minimum Gasteiger partial charge on any atom is -0.366 e. The van der Waals surface area contributed by atoms with Crippen molar-refractivity contribution in [1.82, 2.24) is 14.9 Å². The van der Waals surface area contributed by atoms with Gasteiger partial charge in [0, 0.05) is 23.5 Å². The van der Waals surface area contributed by atoms with Crippen LogP contribution in [0, 0.1) is 0 Å². The molecule has 0 fully saturated rings. The predicted molar refractivity (Wildman–Crippen MR) is 105 cm³/mol. The number of urea groups is 1. The van der Waals surface area contributed by atoms with Crippen LogP contribution in [-0.4, -0.2) is 26.8 Å². The molecule has 0 aliphatic carbocycles. The normalized spacial score (nSPS) is 14.5. The van der Waals surface area contributed by atoms with Gasteiger partial charge in [-0.3, -0.25) is 9.78 Å². The van der Waals surface area contributed by atoms with Gasteiger partial charge in [0.15, 0.2) is 0 Å². The van der Waals surface area contributed by atoms with Crippen LogP contribution >= 0.6 is 0 Å². The molecule has 2 aromatic heterocycles. The number of primary amides is 1. The van der Waals surface area contributed by atoms with Crippen LogP contribution in [0.2, 0.25) is 0 Å². The quantitative estimate of drug-likeness (QED) is 0.758. The Hall–Kier alpha value is -3.74. The molecule has 0 saturated carbocycles. The summed E-state index contributed by atoms with van der Waals surface area (Å²) in [4.78, 5) is 36.9. The van der Waals surface area contributed by atoms with Crippen LogP contribution in [0.15, 0.2) is 67.0 Å². The zero-order chi connectivity index (χ0) is 19.7. The number of carbonyl (C=O) groups is 2. The Bertz CT molecular complexity index is 1020. The van der Waals surface area contributed by atoms with Crippen LogP contribution in [0.4, 0.5) is 16.3 Å². The first-order valence-electron chi connectivity index (χ1n) is 8.91. The molecule has 3 aromatic rings. The van der Waals surface area contributed by atoms with E-state index < -0.39 is 5.91 Å². The van der Waals surface area contributed by atoms with Gasteiger partial charge in [-0.05, 0) is 49.4 Å². The van der Waals surface area contributed by atoms with Gasteiger partial charge in [0.05, 0.1) is 24.0 Å². The van der Waals surface area contributed by atoms with E-state index in [0.29, 0.717) is 23.6 Å². The molecule has 0 saturated heterocycles. The predicted octanol–water partition coefficient (Wildman–Crippen LogP) is 3.41. The molecule has 4 rings (SSSR count). The summed E-state index contributed by atoms with van der Waals surface area (Å²) in [6, 6.07) is 15.7. The summed E-state index contributed by atoms with van der Waals surface area (Å²) < 4.78 is 0. The van der Waals surface area contributed by atoms with Gasteiger partial charge in [0.25, 0.3) is 0 Å². The summed E-state index contributed by atoms with van der Waals surface area (Å²) in [5, 5.41) is 0. The molecule has 140 valence electrons. The number of carbonyl (C=O) groups excluding carboxylic acids is 2. The van der Waals surface area contributed by atoms with Gasteiger partial charge in [-0.1, -0.05) is 12.1 Å². The second-order valence-electron chi connectivity index (χ2n) is 6.57. The lowest BCUT2D eigenvalue weighted by Gasteiger charge is -2.39. The van der Waals surface area contributed by atoms with Crippen molar-refractivity contribution < 1.29 is 9.59 Å². The van der Waals surface area contributed by atoms with E-state index in [1.165, 1.54) is 0 Å². The van der Waals surface area contributed by atoms with Crippen LogP contribution in [0.5, 0.6) is 0 Å². The number of anilines is 2. The van der Waals surface area contributed by atoms with Crippen molar-refractivity contribution in [2.24, 2.45) is 5.73 Å². The van der Waals surface area contributed by atoms with E-state index in [0.717, 1.165) is 11.3 Å².